The third kappa shape index (κ3) is 2.96. The molecule has 1 aliphatic heterocycles. The van der Waals surface area contributed by atoms with Crippen molar-refractivity contribution in [2.24, 2.45) is 0 Å². The number of hydrogen-bond donors (Lipinski definition) is 2. The van der Waals surface area contributed by atoms with Crippen LogP contribution in [0.25, 0.3) is 0 Å². The number of urea groups is 1. The van der Waals surface area contributed by atoms with Crippen LogP contribution in [0.4, 0.5) is 10.5 Å². The van der Waals surface area contributed by atoms with Gasteiger partial charge in [-0.1, -0.05) is 36.0 Å². The van der Waals surface area contributed by atoms with Gasteiger partial charge in [-0.15, -0.1) is 0 Å². The molecule has 1 spiro atoms. The lowest BCUT2D eigenvalue weighted by Crippen LogP contribution is -2.48. The first-order chi connectivity index (χ1) is 11.3. The van der Waals surface area contributed by atoms with Crippen LogP contribution in [0.15, 0.2) is 18.2 Å². The van der Waals surface area contributed by atoms with Gasteiger partial charge in [-0.2, -0.15) is 0 Å². The van der Waals surface area contributed by atoms with E-state index in [1.165, 1.54) is 6.92 Å². The van der Waals surface area contributed by atoms with Gasteiger partial charge in [0.25, 0.3) is 5.91 Å². The molecule has 0 aromatic heterocycles. The number of hydrogen-bond acceptors (Lipinski definition) is 3. The lowest BCUT2D eigenvalue weighted by Gasteiger charge is -2.23. The van der Waals surface area contributed by atoms with Gasteiger partial charge in [0.15, 0.2) is 0 Å². The van der Waals surface area contributed by atoms with E-state index in [0.717, 1.165) is 17.7 Å². The van der Waals surface area contributed by atoms with E-state index in [2.05, 4.69) is 10.6 Å². The fourth-order valence-corrected chi connectivity index (χ4v) is 3.83. The van der Waals surface area contributed by atoms with E-state index in [1.54, 1.807) is 18.2 Å². The molecule has 8 heteroatoms. The van der Waals surface area contributed by atoms with Gasteiger partial charge >= 0.3 is 6.03 Å². The largest absolute Gasteiger partial charge is 0.325 e. The maximum atomic E-state index is 12.7. The zero-order valence-corrected chi connectivity index (χ0v) is 14.6. The summed E-state index contributed by atoms with van der Waals surface area (Å²) in [4.78, 5) is 38.3. The van der Waals surface area contributed by atoms with Crippen LogP contribution in [0.2, 0.25) is 10.0 Å². The number of anilines is 1. The smallest absolute Gasteiger partial charge is 0.324 e. The second-order valence-corrected chi connectivity index (χ2v) is 7.09. The molecule has 1 aromatic rings. The summed E-state index contributed by atoms with van der Waals surface area (Å²) in [5.74, 6) is -0.802. The average Bonchev–Trinajstić information content (AvgIpc) is 3.04. The molecule has 128 valence electrons. The quantitative estimate of drug-likeness (QED) is 0.803. The van der Waals surface area contributed by atoms with E-state index in [-0.39, 0.29) is 5.91 Å². The Labute approximate surface area is 149 Å². The molecule has 3 rings (SSSR count). The summed E-state index contributed by atoms with van der Waals surface area (Å²) in [6.07, 6.45) is 3.02. The molecule has 1 aromatic carbocycles. The Morgan fingerprint density at radius 3 is 2.38 bits per heavy atom. The lowest BCUT2D eigenvalue weighted by molar-refractivity contribution is -0.136. The summed E-state index contributed by atoms with van der Waals surface area (Å²) < 4.78 is 0. The number of imide groups is 1. The van der Waals surface area contributed by atoms with E-state index < -0.39 is 23.5 Å². The van der Waals surface area contributed by atoms with E-state index in [4.69, 9.17) is 23.2 Å². The van der Waals surface area contributed by atoms with Crippen molar-refractivity contribution < 1.29 is 14.4 Å². The Balaban J connectivity index is 1.75. The van der Waals surface area contributed by atoms with Crippen LogP contribution in [0.3, 0.4) is 0 Å². The number of rotatable bonds is 3. The second-order valence-electron chi connectivity index (χ2n) is 6.22. The third-order valence-electron chi connectivity index (χ3n) is 4.55. The second kappa shape index (κ2) is 6.26. The standard InChI is InChI=1S/C16H17Cl2N3O3/c1-9(13(22)19-12-7-10(17)6-11(18)8-12)21-14(23)16(20-15(21)24)4-2-3-5-16/h6-9H,2-5H2,1H3,(H,19,22)(H,20,24). The molecule has 1 aliphatic carbocycles. The van der Waals surface area contributed by atoms with Gasteiger partial charge in [0.05, 0.1) is 0 Å². The van der Waals surface area contributed by atoms with E-state index in [0.29, 0.717) is 28.6 Å². The molecule has 2 fully saturated rings. The summed E-state index contributed by atoms with van der Waals surface area (Å²) >= 11 is 11.8. The molecule has 0 bridgehead atoms. The van der Waals surface area contributed by atoms with E-state index in [9.17, 15) is 14.4 Å². The highest BCUT2D eigenvalue weighted by atomic mass is 35.5. The van der Waals surface area contributed by atoms with Crippen molar-refractivity contribution in [1.82, 2.24) is 10.2 Å². The minimum absolute atomic E-state index is 0.322. The highest BCUT2D eigenvalue weighted by Crippen LogP contribution is 2.36. The monoisotopic (exact) mass is 369 g/mol. The van der Waals surface area contributed by atoms with Gasteiger partial charge in [-0.25, -0.2) is 9.69 Å². The maximum Gasteiger partial charge on any atom is 0.325 e. The van der Waals surface area contributed by atoms with E-state index in [1.807, 2.05) is 0 Å². The number of benzene rings is 1. The first-order valence-electron chi connectivity index (χ1n) is 7.75. The summed E-state index contributed by atoms with van der Waals surface area (Å²) in [7, 11) is 0. The van der Waals surface area contributed by atoms with Crippen molar-refractivity contribution in [3.8, 4) is 0 Å². The van der Waals surface area contributed by atoms with Crippen LogP contribution in [0, 0.1) is 0 Å². The van der Waals surface area contributed by atoms with Crippen molar-refractivity contribution >= 4 is 46.7 Å². The summed E-state index contributed by atoms with van der Waals surface area (Å²) in [6, 6.07) is 3.18. The number of carbonyl (C=O) groups is 3. The number of carbonyl (C=O) groups excluding carboxylic acids is 3. The number of nitrogens with one attached hydrogen (secondary N) is 2. The fourth-order valence-electron chi connectivity index (χ4n) is 3.30. The van der Waals surface area contributed by atoms with Crippen molar-refractivity contribution in [3.05, 3.63) is 28.2 Å². The molecule has 4 amide bonds. The van der Waals surface area contributed by atoms with Gasteiger partial charge in [0.2, 0.25) is 5.91 Å². The topological polar surface area (TPSA) is 78.5 Å². The zero-order chi connectivity index (χ0) is 17.5. The average molecular weight is 370 g/mol. The van der Waals surface area contributed by atoms with E-state index >= 15 is 0 Å². The number of halogens is 2. The van der Waals surface area contributed by atoms with Crippen LogP contribution >= 0.6 is 23.2 Å². The maximum absolute atomic E-state index is 12.7. The summed E-state index contributed by atoms with van der Waals surface area (Å²) in [5, 5.41) is 6.16. The Morgan fingerprint density at radius 2 is 1.79 bits per heavy atom. The first kappa shape index (κ1) is 17.0. The van der Waals surface area contributed by atoms with Crippen LogP contribution in [-0.4, -0.2) is 34.3 Å². The lowest BCUT2D eigenvalue weighted by atomic mass is 9.97. The Hall–Kier alpha value is -1.79. The Kier molecular flexibility index (Phi) is 4.44. The minimum atomic E-state index is -0.935. The SMILES string of the molecule is CC(C(=O)Nc1cc(Cl)cc(Cl)c1)N1C(=O)NC2(CCCC2)C1=O. The van der Waals surface area contributed by atoms with Crippen LogP contribution < -0.4 is 10.6 Å². The molecular weight excluding hydrogens is 353 g/mol. The first-order valence-corrected chi connectivity index (χ1v) is 8.51. The molecule has 0 radical (unpaired) electrons. The molecule has 2 N–H and O–H groups in total. The fraction of sp³-hybridized carbons (Fsp3) is 0.438. The molecule has 1 atom stereocenters. The highest BCUT2D eigenvalue weighted by molar-refractivity contribution is 6.35. The molecule has 24 heavy (non-hydrogen) atoms. The minimum Gasteiger partial charge on any atom is -0.324 e. The molecule has 1 saturated heterocycles. The highest BCUT2D eigenvalue weighted by Gasteiger charge is 2.54. The van der Waals surface area contributed by atoms with Gasteiger partial charge in [0.1, 0.15) is 11.6 Å². The Bertz CT molecular complexity index is 696. The molecule has 6 nitrogen and oxygen atoms in total. The third-order valence-corrected chi connectivity index (χ3v) is 4.98. The van der Waals surface area contributed by atoms with Gasteiger partial charge in [-0.05, 0) is 38.0 Å². The van der Waals surface area contributed by atoms with Crippen LogP contribution in [0.1, 0.15) is 32.6 Å². The molecule has 1 unspecified atom stereocenters. The van der Waals surface area contributed by atoms with Crippen molar-refractivity contribution in [2.75, 3.05) is 5.32 Å². The van der Waals surface area contributed by atoms with Crippen LogP contribution in [-0.2, 0) is 9.59 Å². The predicted molar refractivity (Wildman–Crippen MR) is 91.1 cm³/mol. The summed E-state index contributed by atoms with van der Waals surface area (Å²) in [5.41, 5.74) is -0.419. The zero-order valence-electron chi connectivity index (χ0n) is 13.1. The van der Waals surface area contributed by atoms with Gasteiger partial charge in [0, 0.05) is 15.7 Å². The normalized spacial score (nSPS) is 20.4. The molecule has 1 saturated carbocycles. The van der Waals surface area contributed by atoms with Crippen molar-refractivity contribution in [1.29, 1.82) is 0 Å². The van der Waals surface area contributed by atoms with Gasteiger partial charge in [-0.3, -0.25) is 9.59 Å². The van der Waals surface area contributed by atoms with Gasteiger partial charge < -0.3 is 10.6 Å². The molecule has 2 aliphatic rings. The van der Waals surface area contributed by atoms with Crippen LogP contribution in [0.5, 0.6) is 0 Å². The van der Waals surface area contributed by atoms with Crippen molar-refractivity contribution in [2.45, 2.75) is 44.2 Å². The predicted octanol–water partition coefficient (Wildman–Crippen LogP) is 3.19. The van der Waals surface area contributed by atoms with Crippen molar-refractivity contribution in [3.63, 3.8) is 0 Å². The molecular formula is C16H17Cl2N3O3. The number of amides is 4. The summed E-state index contributed by atoms with van der Waals surface area (Å²) in [6.45, 7) is 1.52. The number of nitrogens with zero attached hydrogens (tertiary/aromatic N) is 1. The Morgan fingerprint density at radius 1 is 1.21 bits per heavy atom. The molecule has 1 heterocycles.